The smallest absolute Gasteiger partial charge is 0.315 e. The number of aromatic nitrogens is 2. The van der Waals surface area contributed by atoms with Crippen molar-refractivity contribution in [2.75, 3.05) is 13.7 Å². The average molecular weight is 296 g/mol. The fourth-order valence-corrected chi connectivity index (χ4v) is 2.10. The lowest BCUT2D eigenvalue weighted by Crippen LogP contribution is -2.48. The first-order chi connectivity index (χ1) is 9.74. The molecule has 0 fully saturated rings. The second-order valence-electron chi connectivity index (χ2n) is 6.49. The van der Waals surface area contributed by atoms with Crippen LogP contribution in [0.2, 0.25) is 0 Å². The van der Waals surface area contributed by atoms with Gasteiger partial charge in [-0.1, -0.05) is 20.8 Å². The molecule has 2 atom stereocenters. The van der Waals surface area contributed by atoms with Crippen LogP contribution < -0.4 is 10.6 Å². The van der Waals surface area contributed by atoms with Gasteiger partial charge >= 0.3 is 6.03 Å². The van der Waals surface area contributed by atoms with Crippen LogP contribution in [-0.4, -0.2) is 35.6 Å². The molecule has 0 aliphatic heterocycles. The summed E-state index contributed by atoms with van der Waals surface area (Å²) in [6.07, 6.45) is 4.45. The van der Waals surface area contributed by atoms with E-state index in [0.29, 0.717) is 6.61 Å². The predicted molar refractivity (Wildman–Crippen MR) is 83.0 cm³/mol. The normalized spacial score (nSPS) is 14.6. The van der Waals surface area contributed by atoms with Crippen LogP contribution in [0.3, 0.4) is 0 Å². The maximum Gasteiger partial charge on any atom is 0.315 e. The molecule has 1 aromatic rings. The number of amides is 2. The number of aryl methyl sites for hydroxylation is 1. The minimum atomic E-state index is -0.164. The van der Waals surface area contributed by atoms with E-state index in [9.17, 15) is 4.79 Å². The van der Waals surface area contributed by atoms with Gasteiger partial charge in [0.1, 0.15) is 0 Å². The Hall–Kier alpha value is -1.56. The summed E-state index contributed by atoms with van der Waals surface area (Å²) in [7, 11) is 3.53. The minimum Gasteiger partial charge on any atom is -0.385 e. The van der Waals surface area contributed by atoms with Crippen LogP contribution in [0.5, 0.6) is 0 Å². The van der Waals surface area contributed by atoms with Crippen molar-refractivity contribution in [2.24, 2.45) is 12.5 Å². The molecule has 0 unspecified atom stereocenters. The average Bonchev–Trinajstić information content (AvgIpc) is 2.79. The molecule has 1 aromatic heterocycles. The van der Waals surface area contributed by atoms with Crippen molar-refractivity contribution in [1.82, 2.24) is 20.4 Å². The molecular weight excluding hydrogens is 268 g/mol. The molecule has 2 amide bonds. The molecule has 21 heavy (non-hydrogen) atoms. The lowest BCUT2D eigenvalue weighted by atomic mass is 9.85. The predicted octanol–water partition coefficient (Wildman–Crippen LogP) is 2.23. The first kappa shape index (κ1) is 17.5. The van der Waals surface area contributed by atoms with E-state index in [2.05, 4.69) is 36.5 Å². The Labute approximate surface area is 127 Å². The Kier molecular flexibility index (Phi) is 6.20. The highest BCUT2D eigenvalue weighted by Gasteiger charge is 2.26. The highest BCUT2D eigenvalue weighted by atomic mass is 16.5. The monoisotopic (exact) mass is 296 g/mol. The summed E-state index contributed by atoms with van der Waals surface area (Å²) >= 11 is 0. The highest BCUT2D eigenvalue weighted by molar-refractivity contribution is 5.74. The van der Waals surface area contributed by atoms with Gasteiger partial charge in [0, 0.05) is 38.6 Å². The number of hydrogen-bond acceptors (Lipinski definition) is 3. The van der Waals surface area contributed by atoms with E-state index in [0.717, 1.165) is 12.0 Å². The molecule has 0 aliphatic carbocycles. The van der Waals surface area contributed by atoms with Gasteiger partial charge in [-0.05, 0) is 18.8 Å². The van der Waals surface area contributed by atoms with Crippen LogP contribution in [0.15, 0.2) is 12.4 Å². The van der Waals surface area contributed by atoms with Gasteiger partial charge in [0.05, 0.1) is 12.2 Å². The molecule has 120 valence electrons. The number of methoxy groups -OCH3 is 1. The zero-order chi connectivity index (χ0) is 16.0. The quantitative estimate of drug-likeness (QED) is 0.846. The molecular formula is C15H28N4O2. The standard InChI is InChI=1S/C15H28N4O2/c1-11(12-9-16-19(5)10-12)17-14(20)18-13(7-8-21-6)15(2,3)4/h9-11,13H,7-8H2,1-6H3,(H2,17,18,20)/t11-,13+/m0/s1. The zero-order valence-electron chi connectivity index (χ0n) is 13.9. The third-order valence-corrected chi connectivity index (χ3v) is 3.53. The van der Waals surface area contributed by atoms with Gasteiger partial charge < -0.3 is 15.4 Å². The van der Waals surface area contributed by atoms with Crippen LogP contribution >= 0.6 is 0 Å². The van der Waals surface area contributed by atoms with E-state index in [1.165, 1.54) is 0 Å². The topological polar surface area (TPSA) is 68.2 Å². The Morgan fingerprint density at radius 1 is 1.43 bits per heavy atom. The Balaban J connectivity index is 2.57. The number of hydrogen-bond donors (Lipinski definition) is 2. The van der Waals surface area contributed by atoms with E-state index in [-0.39, 0.29) is 23.5 Å². The lowest BCUT2D eigenvalue weighted by molar-refractivity contribution is 0.152. The molecule has 0 radical (unpaired) electrons. The number of carbonyl (C=O) groups is 1. The molecule has 6 heteroatoms. The summed E-state index contributed by atoms with van der Waals surface area (Å²) in [5.74, 6) is 0. The molecule has 0 saturated heterocycles. The maximum atomic E-state index is 12.2. The molecule has 0 bridgehead atoms. The van der Waals surface area contributed by atoms with E-state index in [4.69, 9.17) is 4.74 Å². The minimum absolute atomic E-state index is 0.0204. The van der Waals surface area contributed by atoms with Gasteiger partial charge in [-0.2, -0.15) is 5.10 Å². The van der Waals surface area contributed by atoms with Crippen molar-refractivity contribution in [2.45, 2.75) is 46.2 Å². The van der Waals surface area contributed by atoms with Crippen LogP contribution in [0.1, 0.15) is 45.7 Å². The SMILES string of the molecule is COCC[C@@H](NC(=O)N[C@@H](C)c1cnn(C)c1)C(C)(C)C. The van der Waals surface area contributed by atoms with Gasteiger partial charge in [-0.3, -0.25) is 4.68 Å². The van der Waals surface area contributed by atoms with Crippen LogP contribution in [0, 0.1) is 5.41 Å². The van der Waals surface area contributed by atoms with E-state index in [1.807, 2.05) is 20.2 Å². The van der Waals surface area contributed by atoms with Crippen molar-refractivity contribution < 1.29 is 9.53 Å². The van der Waals surface area contributed by atoms with Crippen molar-refractivity contribution in [3.8, 4) is 0 Å². The second kappa shape index (κ2) is 7.45. The number of urea groups is 1. The Morgan fingerprint density at radius 2 is 2.10 bits per heavy atom. The van der Waals surface area contributed by atoms with Crippen molar-refractivity contribution in [3.05, 3.63) is 18.0 Å². The summed E-state index contributed by atoms with van der Waals surface area (Å²) in [4.78, 5) is 12.2. The van der Waals surface area contributed by atoms with E-state index >= 15 is 0 Å². The first-order valence-corrected chi connectivity index (χ1v) is 7.28. The number of ether oxygens (including phenoxy) is 1. The molecule has 0 saturated carbocycles. The Morgan fingerprint density at radius 3 is 2.57 bits per heavy atom. The number of rotatable bonds is 6. The summed E-state index contributed by atoms with van der Waals surface area (Å²) in [6, 6.07) is -0.192. The molecule has 2 N–H and O–H groups in total. The first-order valence-electron chi connectivity index (χ1n) is 7.28. The second-order valence-corrected chi connectivity index (χ2v) is 6.49. The largest absolute Gasteiger partial charge is 0.385 e. The fourth-order valence-electron chi connectivity index (χ4n) is 2.10. The van der Waals surface area contributed by atoms with Gasteiger partial charge in [0.15, 0.2) is 0 Å². The summed E-state index contributed by atoms with van der Waals surface area (Å²) in [6.45, 7) is 8.90. The molecule has 0 aliphatic rings. The highest BCUT2D eigenvalue weighted by Crippen LogP contribution is 2.22. The third kappa shape index (κ3) is 5.75. The van der Waals surface area contributed by atoms with Crippen molar-refractivity contribution in [1.29, 1.82) is 0 Å². The van der Waals surface area contributed by atoms with Crippen molar-refractivity contribution in [3.63, 3.8) is 0 Å². The third-order valence-electron chi connectivity index (χ3n) is 3.53. The van der Waals surface area contributed by atoms with E-state index in [1.54, 1.807) is 18.0 Å². The van der Waals surface area contributed by atoms with E-state index < -0.39 is 0 Å². The molecule has 0 aromatic carbocycles. The van der Waals surface area contributed by atoms with Crippen LogP contribution in [-0.2, 0) is 11.8 Å². The van der Waals surface area contributed by atoms with Crippen LogP contribution in [0.4, 0.5) is 4.79 Å². The van der Waals surface area contributed by atoms with Crippen molar-refractivity contribution >= 4 is 6.03 Å². The summed E-state index contributed by atoms with van der Waals surface area (Å²) < 4.78 is 6.84. The molecule has 1 heterocycles. The lowest BCUT2D eigenvalue weighted by Gasteiger charge is -2.31. The zero-order valence-corrected chi connectivity index (χ0v) is 13.9. The number of nitrogens with zero attached hydrogens (tertiary/aromatic N) is 2. The molecule has 6 nitrogen and oxygen atoms in total. The number of nitrogens with one attached hydrogen (secondary N) is 2. The summed E-state index contributed by atoms with van der Waals surface area (Å²) in [5, 5.41) is 10.1. The molecule has 1 rings (SSSR count). The van der Waals surface area contributed by atoms with Gasteiger partial charge in [-0.25, -0.2) is 4.79 Å². The van der Waals surface area contributed by atoms with Crippen LogP contribution in [0.25, 0.3) is 0 Å². The van der Waals surface area contributed by atoms with Gasteiger partial charge in [0.25, 0.3) is 0 Å². The number of carbonyl (C=O) groups excluding carboxylic acids is 1. The summed E-state index contributed by atoms with van der Waals surface area (Å²) in [5.41, 5.74) is 0.963. The Bertz CT molecular complexity index is 451. The maximum absolute atomic E-state index is 12.2. The van der Waals surface area contributed by atoms with Gasteiger partial charge in [-0.15, -0.1) is 0 Å². The van der Waals surface area contributed by atoms with Gasteiger partial charge in [0.2, 0.25) is 0 Å². The fraction of sp³-hybridized carbons (Fsp3) is 0.733. The molecule has 0 spiro atoms.